The molecule has 0 saturated carbocycles. The SMILES string of the molecule is CC(C)NCc1nc(-c2ccn(C)n2)no1. The number of aryl methyl sites for hydroxylation is 1. The zero-order chi connectivity index (χ0) is 11.5. The van der Waals surface area contributed by atoms with Crippen molar-refractivity contribution in [2.45, 2.75) is 26.4 Å². The van der Waals surface area contributed by atoms with Crippen LogP contribution in [0, 0.1) is 0 Å². The maximum Gasteiger partial charge on any atom is 0.240 e. The Kier molecular flexibility index (Phi) is 3.00. The number of nitrogens with zero attached hydrogens (tertiary/aromatic N) is 4. The minimum atomic E-state index is 0.394. The van der Waals surface area contributed by atoms with Gasteiger partial charge in [0.15, 0.2) is 0 Å². The van der Waals surface area contributed by atoms with Crippen molar-refractivity contribution in [3.8, 4) is 11.5 Å². The predicted molar refractivity (Wildman–Crippen MR) is 58.5 cm³/mol. The fraction of sp³-hybridized carbons (Fsp3) is 0.500. The van der Waals surface area contributed by atoms with Gasteiger partial charge in [-0.1, -0.05) is 19.0 Å². The van der Waals surface area contributed by atoms with Crippen molar-refractivity contribution in [3.63, 3.8) is 0 Å². The molecule has 6 heteroatoms. The molecule has 0 radical (unpaired) electrons. The Morgan fingerprint density at radius 1 is 1.50 bits per heavy atom. The third-order valence-electron chi connectivity index (χ3n) is 2.07. The van der Waals surface area contributed by atoms with Gasteiger partial charge in [0, 0.05) is 19.3 Å². The van der Waals surface area contributed by atoms with Crippen LogP contribution >= 0.6 is 0 Å². The molecule has 0 aliphatic rings. The van der Waals surface area contributed by atoms with Gasteiger partial charge in [-0.15, -0.1) is 0 Å². The van der Waals surface area contributed by atoms with E-state index in [0.29, 0.717) is 24.3 Å². The van der Waals surface area contributed by atoms with Crippen LogP contribution in [0.15, 0.2) is 16.8 Å². The molecule has 1 N–H and O–H groups in total. The fourth-order valence-electron chi connectivity index (χ4n) is 1.26. The molecule has 0 aromatic carbocycles. The number of hydrogen-bond acceptors (Lipinski definition) is 5. The highest BCUT2D eigenvalue weighted by Crippen LogP contribution is 2.12. The normalized spacial score (nSPS) is 11.2. The molecule has 2 aromatic heterocycles. The molecule has 2 rings (SSSR count). The van der Waals surface area contributed by atoms with Crippen LogP contribution in [0.25, 0.3) is 11.5 Å². The van der Waals surface area contributed by atoms with Gasteiger partial charge in [0.25, 0.3) is 0 Å². The summed E-state index contributed by atoms with van der Waals surface area (Å²) < 4.78 is 6.81. The minimum absolute atomic E-state index is 0.394. The van der Waals surface area contributed by atoms with E-state index in [9.17, 15) is 0 Å². The second-order valence-electron chi connectivity index (χ2n) is 3.92. The second kappa shape index (κ2) is 4.44. The number of hydrogen-bond donors (Lipinski definition) is 1. The summed E-state index contributed by atoms with van der Waals surface area (Å²) in [4.78, 5) is 4.25. The Labute approximate surface area is 93.7 Å². The van der Waals surface area contributed by atoms with Gasteiger partial charge in [0.05, 0.1) is 6.54 Å². The monoisotopic (exact) mass is 221 g/mol. The fourth-order valence-corrected chi connectivity index (χ4v) is 1.26. The molecular weight excluding hydrogens is 206 g/mol. The van der Waals surface area contributed by atoms with Gasteiger partial charge in [-0.2, -0.15) is 10.1 Å². The Bertz CT molecular complexity index is 459. The van der Waals surface area contributed by atoms with E-state index in [1.165, 1.54) is 0 Å². The zero-order valence-electron chi connectivity index (χ0n) is 9.64. The highest BCUT2D eigenvalue weighted by molar-refractivity contribution is 5.46. The van der Waals surface area contributed by atoms with Crippen molar-refractivity contribution in [2.24, 2.45) is 7.05 Å². The summed E-state index contributed by atoms with van der Waals surface area (Å²) >= 11 is 0. The van der Waals surface area contributed by atoms with E-state index < -0.39 is 0 Å². The summed E-state index contributed by atoms with van der Waals surface area (Å²) in [6.45, 7) is 4.71. The van der Waals surface area contributed by atoms with Crippen LogP contribution in [0.2, 0.25) is 0 Å². The lowest BCUT2D eigenvalue weighted by molar-refractivity contribution is 0.362. The molecule has 0 saturated heterocycles. The molecule has 2 aromatic rings. The standard InChI is InChI=1S/C10H15N5O/c1-7(2)11-6-9-12-10(14-16-9)8-4-5-15(3)13-8/h4-5,7,11H,6H2,1-3H3. The van der Waals surface area contributed by atoms with E-state index in [0.717, 1.165) is 5.69 Å². The first-order valence-corrected chi connectivity index (χ1v) is 5.21. The van der Waals surface area contributed by atoms with E-state index in [4.69, 9.17) is 4.52 Å². The largest absolute Gasteiger partial charge is 0.337 e. The second-order valence-corrected chi connectivity index (χ2v) is 3.92. The van der Waals surface area contributed by atoms with Gasteiger partial charge >= 0.3 is 0 Å². The van der Waals surface area contributed by atoms with Crippen LogP contribution in [0.4, 0.5) is 0 Å². The van der Waals surface area contributed by atoms with Crippen molar-refractivity contribution in [1.29, 1.82) is 0 Å². The summed E-state index contributed by atoms with van der Waals surface area (Å²) in [7, 11) is 1.85. The van der Waals surface area contributed by atoms with Crippen LogP contribution in [-0.4, -0.2) is 26.0 Å². The summed E-state index contributed by atoms with van der Waals surface area (Å²) in [5, 5.41) is 11.3. The summed E-state index contributed by atoms with van der Waals surface area (Å²) in [6.07, 6.45) is 1.84. The average molecular weight is 221 g/mol. The smallest absolute Gasteiger partial charge is 0.240 e. The molecule has 0 spiro atoms. The molecule has 0 bridgehead atoms. The third-order valence-corrected chi connectivity index (χ3v) is 2.07. The lowest BCUT2D eigenvalue weighted by Crippen LogP contribution is -2.21. The molecule has 0 aliphatic carbocycles. The van der Waals surface area contributed by atoms with Crippen LogP contribution in [0.5, 0.6) is 0 Å². The van der Waals surface area contributed by atoms with Gasteiger partial charge < -0.3 is 9.84 Å². The first-order chi connectivity index (χ1) is 7.65. The molecule has 0 aliphatic heterocycles. The van der Waals surface area contributed by atoms with E-state index >= 15 is 0 Å². The van der Waals surface area contributed by atoms with Crippen molar-refractivity contribution >= 4 is 0 Å². The van der Waals surface area contributed by atoms with Gasteiger partial charge in [-0.25, -0.2) is 0 Å². The van der Waals surface area contributed by atoms with E-state index in [-0.39, 0.29) is 0 Å². The van der Waals surface area contributed by atoms with Gasteiger partial charge in [0.2, 0.25) is 11.7 Å². The van der Waals surface area contributed by atoms with Crippen molar-refractivity contribution in [2.75, 3.05) is 0 Å². The van der Waals surface area contributed by atoms with Crippen LogP contribution < -0.4 is 5.32 Å². The number of aromatic nitrogens is 4. The Morgan fingerprint density at radius 3 is 2.94 bits per heavy atom. The van der Waals surface area contributed by atoms with E-state index in [2.05, 4.69) is 34.4 Å². The lowest BCUT2D eigenvalue weighted by Gasteiger charge is -2.02. The summed E-state index contributed by atoms with van der Waals surface area (Å²) in [5.74, 6) is 1.11. The molecular formula is C10H15N5O. The maximum atomic E-state index is 5.11. The molecule has 86 valence electrons. The number of nitrogens with one attached hydrogen (secondary N) is 1. The predicted octanol–water partition coefficient (Wildman–Crippen LogP) is 0.968. The first-order valence-electron chi connectivity index (χ1n) is 5.21. The third kappa shape index (κ3) is 2.46. The summed E-state index contributed by atoms with van der Waals surface area (Å²) in [6, 6.07) is 2.25. The van der Waals surface area contributed by atoms with Crippen LogP contribution in [-0.2, 0) is 13.6 Å². The Balaban J connectivity index is 2.07. The van der Waals surface area contributed by atoms with Gasteiger partial charge in [0.1, 0.15) is 5.69 Å². The van der Waals surface area contributed by atoms with E-state index in [1.807, 2.05) is 19.3 Å². The van der Waals surface area contributed by atoms with Crippen molar-refractivity contribution < 1.29 is 4.52 Å². The molecule has 6 nitrogen and oxygen atoms in total. The number of rotatable bonds is 4. The highest BCUT2D eigenvalue weighted by atomic mass is 16.5. The molecule has 0 atom stereocenters. The molecule has 16 heavy (non-hydrogen) atoms. The average Bonchev–Trinajstić information content (AvgIpc) is 2.83. The van der Waals surface area contributed by atoms with Crippen LogP contribution in [0.1, 0.15) is 19.7 Å². The van der Waals surface area contributed by atoms with Crippen molar-refractivity contribution in [3.05, 3.63) is 18.2 Å². The van der Waals surface area contributed by atoms with Crippen molar-refractivity contribution in [1.82, 2.24) is 25.2 Å². The molecule has 0 amide bonds. The first kappa shape index (κ1) is 10.8. The molecule has 0 fully saturated rings. The lowest BCUT2D eigenvalue weighted by atomic mass is 10.4. The highest BCUT2D eigenvalue weighted by Gasteiger charge is 2.10. The van der Waals surface area contributed by atoms with Crippen LogP contribution in [0.3, 0.4) is 0 Å². The maximum absolute atomic E-state index is 5.11. The van der Waals surface area contributed by atoms with Gasteiger partial charge in [-0.05, 0) is 6.07 Å². The zero-order valence-corrected chi connectivity index (χ0v) is 9.64. The van der Waals surface area contributed by atoms with Gasteiger partial charge in [-0.3, -0.25) is 4.68 Å². The quantitative estimate of drug-likeness (QED) is 0.833. The van der Waals surface area contributed by atoms with E-state index in [1.54, 1.807) is 4.68 Å². The molecule has 2 heterocycles. The minimum Gasteiger partial charge on any atom is -0.337 e. The summed E-state index contributed by atoms with van der Waals surface area (Å²) in [5.41, 5.74) is 0.724. The Morgan fingerprint density at radius 2 is 2.31 bits per heavy atom. The Hall–Kier alpha value is -1.69. The molecule has 0 unspecified atom stereocenters. The topological polar surface area (TPSA) is 68.8 Å².